The fourth-order valence-corrected chi connectivity index (χ4v) is 7.30. The van der Waals surface area contributed by atoms with Crippen LogP contribution in [-0.4, -0.2) is 23.5 Å². The van der Waals surface area contributed by atoms with Gasteiger partial charge in [-0.25, -0.2) is 4.98 Å². The highest BCUT2D eigenvalue weighted by molar-refractivity contribution is 6.41. The van der Waals surface area contributed by atoms with Crippen molar-refractivity contribution in [2.45, 2.75) is 0 Å². The Labute approximate surface area is 245 Å². The fourth-order valence-electron chi connectivity index (χ4n) is 7.30. The number of hydrogen-bond donors (Lipinski definition) is 0. The van der Waals surface area contributed by atoms with Crippen LogP contribution in [0.4, 0.5) is 0 Å². The van der Waals surface area contributed by atoms with Crippen molar-refractivity contribution in [3.8, 4) is 11.4 Å². The molecule has 0 amide bonds. The van der Waals surface area contributed by atoms with Crippen molar-refractivity contribution in [2.24, 2.45) is 0 Å². The van der Waals surface area contributed by atoms with Gasteiger partial charge in [0.05, 0.1) is 33.1 Å². The lowest BCUT2D eigenvalue weighted by molar-refractivity contribution is 1.15. The van der Waals surface area contributed by atoms with Gasteiger partial charge in [-0.2, -0.15) is 0 Å². The number of benzene rings is 5. The molecular weight excluding hydrogens is 526 g/mol. The van der Waals surface area contributed by atoms with Gasteiger partial charge < -0.3 is 9.13 Å². The van der Waals surface area contributed by atoms with Gasteiger partial charge in [0.2, 0.25) is 0 Å². The van der Waals surface area contributed by atoms with Gasteiger partial charge in [0.1, 0.15) is 5.65 Å². The molecule has 0 unspecified atom stereocenters. The second-order valence-corrected chi connectivity index (χ2v) is 11.1. The third kappa shape index (κ3) is 2.85. The van der Waals surface area contributed by atoms with Crippen LogP contribution in [0.1, 0.15) is 0 Å². The Morgan fingerprint density at radius 2 is 0.953 bits per heavy atom. The summed E-state index contributed by atoms with van der Waals surface area (Å²) in [5, 5.41) is 7.03. The van der Waals surface area contributed by atoms with Crippen LogP contribution in [0.2, 0.25) is 0 Å². The zero-order valence-corrected chi connectivity index (χ0v) is 23.0. The molecule has 5 aromatic carbocycles. The third-order valence-electron chi connectivity index (χ3n) is 8.90. The summed E-state index contributed by atoms with van der Waals surface area (Å²) in [6.45, 7) is 0. The van der Waals surface area contributed by atoms with E-state index < -0.39 is 0 Å². The Hall–Kier alpha value is -5.94. The van der Waals surface area contributed by atoms with E-state index in [0.717, 1.165) is 60.9 Å². The second-order valence-electron chi connectivity index (χ2n) is 11.1. The van der Waals surface area contributed by atoms with Crippen LogP contribution in [0.5, 0.6) is 0 Å². The second kappa shape index (κ2) is 8.30. The Kier molecular flexibility index (Phi) is 4.39. The summed E-state index contributed by atoms with van der Waals surface area (Å²) >= 11 is 0. The Balaban J connectivity index is 1.67. The monoisotopic (exact) mass is 549 g/mol. The lowest BCUT2D eigenvalue weighted by Crippen LogP contribution is -2.00. The normalized spacial score (nSPS) is 12.2. The number of rotatable bonds is 2. The molecule has 43 heavy (non-hydrogen) atoms. The molecule has 0 N–H and O–H groups in total. The highest BCUT2D eigenvalue weighted by atomic mass is 15.1. The molecule has 5 nitrogen and oxygen atoms in total. The molecule has 0 saturated heterocycles. The maximum absolute atomic E-state index is 5.07. The van der Waals surface area contributed by atoms with E-state index in [9.17, 15) is 0 Å². The Morgan fingerprint density at radius 1 is 0.419 bits per heavy atom. The number of fused-ring (bicyclic) bond motifs is 15. The highest BCUT2D eigenvalue weighted by Gasteiger charge is 2.27. The minimum atomic E-state index is 0.940. The average Bonchev–Trinajstić information content (AvgIpc) is 3.79. The predicted molar refractivity (Wildman–Crippen MR) is 177 cm³/mol. The summed E-state index contributed by atoms with van der Waals surface area (Å²) in [5.74, 6) is 0. The number of aromatic nitrogens is 5. The topological polar surface area (TPSA) is 40.1 Å². The number of para-hydroxylation sites is 4. The van der Waals surface area contributed by atoms with E-state index in [-0.39, 0.29) is 0 Å². The smallest absolute Gasteiger partial charge is 0.145 e. The average molecular weight is 550 g/mol. The van der Waals surface area contributed by atoms with E-state index in [4.69, 9.17) is 9.97 Å². The van der Waals surface area contributed by atoms with Crippen molar-refractivity contribution >= 4 is 71.1 Å². The molecule has 5 heterocycles. The van der Waals surface area contributed by atoms with Crippen LogP contribution in [0.15, 0.2) is 140 Å². The molecule has 10 rings (SSSR count). The largest absolute Gasteiger partial charge is 0.307 e. The fraction of sp³-hybridized carbons (Fsp3) is 0. The molecule has 0 fully saturated rings. The zero-order valence-electron chi connectivity index (χ0n) is 23.0. The van der Waals surface area contributed by atoms with Gasteiger partial charge in [-0.3, -0.25) is 9.38 Å². The van der Waals surface area contributed by atoms with Crippen LogP contribution in [-0.2, 0) is 0 Å². The molecule has 0 spiro atoms. The van der Waals surface area contributed by atoms with Crippen molar-refractivity contribution in [1.29, 1.82) is 0 Å². The molecule has 0 aliphatic rings. The molecule has 0 bridgehead atoms. The quantitative estimate of drug-likeness (QED) is 0.202. The molecule has 0 aliphatic carbocycles. The molecule has 0 radical (unpaired) electrons. The molecule has 10 aromatic rings. The molecular formula is C38H23N5. The minimum absolute atomic E-state index is 0.940. The van der Waals surface area contributed by atoms with Crippen LogP contribution < -0.4 is 0 Å². The predicted octanol–water partition coefficient (Wildman–Crippen LogP) is 9.23. The summed E-state index contributed by atoms with van der Waals surface area (Å²) in [6, 6.07) is 43.1. The lowest BCUT2D eigenvalue weighted by Gasteiger charge is -2.15. The summed E-state index contributed by atoms with van der Waals surface area (Å²) in [4.78, 5) is 10.1. The van der Waals surface area contributed by atoms with E-state index in [2.05, 4.69) is 135 Å². The maximum atomic E-state index is 5.07. The molecule has 200 valence electrons. The van der Waals surface area contributed by atoms with Crippen LogP contribution in [0, 0.1) is 0 Å². The van der Waals surface area contributed by atoms with E-state index >= 15 is 0 Å². The van der Waals surface area contributed by atoms with Crippen molar-refractivity contribution < 1.29 is 0 Å². The maximum Gasteiger partial charge on any atom is 0.145 e. The van der Waals surface area contributed by atoms with Crippen molar-refractivity contribution in [3.63, 3.8) is 0 Å². The van der Waals surface area contributed by atoms with Gasteiger partial charge in [0.15, 0.2) is 0 Å². The molecule has 5 heteroatoms. The number of nitrogens with zero attached hydrogens (tertiary/aromatic N) is 5. The van der Waals surface area contributed by atoms with Crippen molar-refractivity contribution in [2.75, 3.05) is 0 Å². The third-order valence-corrected chi connectivity index (χ3v) is 8.90. The highest BCUT2D eigenvalue weighted by Crippen LogP contribution is 2.48. The van der Waals surface area contributed by atoms with Gasteiger partial charge in [-0.1, -0.05) is 72.8 Å². The Morgan fingerprint density at radius 3 is 1.58 bits per heavy atom. The first-order valence-corrected chi connectivity index (χ1v) is 14.5. The van der Waals surface area contributed by atoms with Gasteiger partial charge in [0, 0.05) is 62.3 Å². The van der Waals surface area contributed by atoms with Gasteiger partial charge in [-0.05, 0) is 48.5 Å². The zero-order chi connectivity index (χ0) is 28.1. The standard InChI is InChI=1S/C38H23N5/c1-3-12-24(13-4-1)42-28-18-9-7-16-26(28)31-33-34(38-40-22-23-41(38)30-20-11-21-39-35(30)33)32-27-17-8-10-19-29(27)43(37(32)36(31)42)25-14-5-2-6-15-25/h1-23H. The van der Waals surface area contributed by atoms with Crippen LogP contribution in [0.25, 0.3) is 82.4 Å². The van der Waals surface area contributed by atoms with Gasteiger partial charge >= 0.3 is 0 Å². The number of imidazole rings is 1. The number of pyridine rings is 2. The SMILES string of the molecule is c1ccc(-n2c3ccccc3c3c4c5ncccc5n5ccnc5c4c4c5ccccc5n(-c5ccccc5)c4c32)cc1. The van der Waals surface area contributed by atoms with Gasteiger partial charge in [0.25, 0.3) is 0 Å². The van der Waals surface area contributed by atoms with Crippen LogP contribution in [0.3, 0.4) is 0 Å². The first-order chi connectivity index (χ1) is 21.4. The Bertz CT molecular complexity index is 2710. The van der Waals surface area contributed by atoms with E-state index in [1.807, 2.05) is 18.5 Å². The minimum Gasteiger partial charge on any atom is -0.307 e. The van der Waals surface area contributed by atoms with Gasteiger partial charge in [-0.15, -0.1) is 0 Å². The first kappa shape index (κ1) is 22.7. The molecule has 5 aromatic heterocycles. The summed E-state index contributed by atoms with van der Waals surface area (Å²) in [5.41, 5.74) is 9.86. The first-order valence-electron chi connectivity index (χ1n) is 14.5. The van der Waals surface area contributed by atoms with Crippen LogP contribution >= 0.6 is 0 Å². The van der Waals surface area contributed by atoms with E-state index in [1.165, 1.54) is 21.5 Å². The molecule has 0 saturated carbocycles. The summed E-state index contributed by atoms with van der Waals surface area (Å²) in [7, 11) is 0. The van der Waals surface area contributed by atoms with Crippen molar-refractivity contribution in [1.82, 2.24) is 23.5 Å². The molecule has 0 atom stereocenters. The van der Waals surface area contributed by atoms with E-state index in [1.54, 1.807) is 0 Å². The summed E-state index contributed by atoms with van der Waals surface area (Å²) in [6.07, 6.45) is 5.86. The molecule has 0 aliphatic heterocycles. The van der Waals surface area contributed by atoms with Crippen molar-refractivity contribution in [3.05, 3.63) is 140 Å². The summed E-state index contributed by atoms with van der Waals surface area (Å²) < 4.78 is 7.07. The number of hydrogen-bond acceptors (Lipinski definition) is 2. The lowest BCUT2D eigenvalue weighted by atomic mass is 9.98. The van der Waals surface area contributed by atoms with E-state index in [0.29, 0.717) is 0 Å².